The van der Waals surface area contributed by atoms with Crippen LogP contribution in [0.3, 0.4) is 0 Å². The second-order valence-corrected chi connectivity index (χ2v) is 6.88. The minimum Gasteiger partial charge on any atom is -0.387 e. The highest BCUT2D eigenvalue weighted by Gasteiger charge is 2.29. The second kappa shape index (κ2) is 8.76. The zero-order valence-electron chi connectivity index (χ0n) is 15.0. The van der Waals surface area contributed by atoms with Crippen LogP contribution >= 0.6 is 0 Å². The van der Waals surface area contributed by atoms with Gasteiger partial charge in [-0.05, 0) is 12.5 Å². The number of aliphatic hydroxyl groups excluding tert-OH is 1. The fourth-order valence-electron chi connectivity index (χ4n) is 3.56. The molecule has 1 aromatic rings. The molecule has 2 heterocycles. The molecule has 6 heteroatoms. The fraction of sp³-hybridized carbons (Fsp3) is 0.632. The lowest BCUT2D eigenvalue weighted by Gasteiger charge is -2.39. The Balaban J connectivity index is 1.45. The summed E-state index contributed by atoms with van der Waals surface area (Å²) in [4.78, 5) is 19.1. The summed E-state index contributed by atoms with van der Waals surface area (Å²) in [7, 11) is 0. The molecule has 0 spiro atoms. The van der Waals surface area contributed by atoms with Gasteiger partial charge in [0.1, 0.15) is 0 Å². The van der Waals surface area contributed by atoms with E-state index in [0.29, 0.717) is 19.8 Å². The number of hydrogen-bond acceptors (Lipinski definition) is 5. The van der Waals surface area contributed by atoms with Crippen molar-refractivity contribution in [1.82, 2.24) is 14.7 Å². The first-order valence-electron chi connectivity index (χ1n) is 9.21. The number of rotatable bonds is 5. The Morgan fingerprint density at radius 2 is 1.72 bits per heavy atom. The summed E-state index contributed by atoms with van der Waals surface area (Å²) in [6.07, 6.45) is -0.476. The number of hydrogen-bond donors (Lipinski definition) is 1. The molecule has 0 aromatic heterocycles. The lowest BCUT2D eigenvalue weighted by Crippen LogP contribution is -2.56. The number of nitrogens with zero attached hydrogens (tertiary/aromatic N) is 3. The van der Waals surface area contributed by atoms with E-state index in [1.165, 1.54) is 0 Å². The number of β-amino-alcohol motifs (C(OH)–C–C–N with tert-alkyl or cyclic N) is 1. The first-order chi connectivity index (χ1) is 12.1. The fourth-order valence-corrected chi connectivity index (χ4v) is 3.56. The first kappa shape index (κ1) is 18.3. The van der Waals surface area contributed by atoms with Gasteiger partial charge in [-0.2, -0.15) is 0 Å². The van der Waals surface area contributed by atoms with Crippen LogP contribution in [0.5, 0.6) is 0 Å². The maximum absolute atomic E-state index is 12.7. The molecule has 2 aliphatic rings. The summed E-state index contributed by atoms with van der Waals surface area (Å²) < 4.78 is 5.37. The van der Waals surface area contributed by atoms with Gasteiger partial charge in [-0.3, -0.25) is 14.6 Å². The summed E-state index contributed by atoms with van der Waals surface area (Å²) in [6, 6.07) is 9.68. The summed E-state index contributed by atoms with van der Waals surface area (Å²) in [5.74, 6) is 0.213. The molecule has 6 nitrogen and oxygen atoms in total. The predicted octanol–water partition coefficient (Wildman–Crippen LogP) is 0.585. The van der Waals surface area contributed by atoms with E-state index in [-0.39, 0.29) is 11.9 Å². The molecule has 3 rings (SSSR count). The van der Waals surface area contributed by atoms with Crippen molar-refractivity contribution >= 4 is 5.91 Å². The van der Waals surface area contributed by atoms with E-state index in [2.05, 4.69) is 9.80 Å². The number of aliphatic hydroxyl groups is 1. The third-order valence-corrected chi connectivity index (χ3v) is 5.25. The van der Waals surface area contributed by atoms with Crippen LogP contribution in [0, 0.1) is 0 Å². The van der Waals surface area contributed by atoms with E-state index in [1.807, 2.05) is 42.2 Å². The molecule has 2 aliphatic heterocycles. The van der Waals surface area contributed by atoms with Crippen LogP contribution in [0.25, 0.3) is 0 Å². The average molecular weight is 347 g/mol. The Morgan fingerprint density at radius 3 is 2.36 bits per heavy atom. The number of carbonyl (C=O) groups excluding carboxylic acids is 1. The molecule has 0 bridgehead atoms. The van der Waals surface area contributed by atoms with Crippen molar-refractivity contribution in [3.63, 3.8) is 0 Å². The Kier molecular flexibility index (Phi) is 6.42. The molecule has 0 aliphatic carbocycles. The van der Waals surface area contributed by atoms with E-state index in [1.54, 1.807) is 0 Å². The quantitative estimate of drug-likeness (QED) is 0.845. The number of benzene rings is 1. The summed E-state index contributed by atoms with van der Waals surface area (Å²) in [5, 5.41) is 10.4. The van der Waals surface area contributed by atoms with Gasteiger partial charge in [-0.15, -0.1) is 0 Å². The minimum atomic E-state index is -0.476. The molecule has 0 radical (unpaired) electrons. The molecule has 138 valence electrons. The Morgan fingerprint density at radius 1 is 1.08 bits per heavy atom. The van der Waals surface area contributed by atoms with Crippen molar-refractivity contribution in [1.29, 1.82) is 0 Å². The van der Waals surface area contributed by atoms with E-state index in [9.17, 15) is 9.90 Å². The van der Waals surface area contributed by atoms with Crippen molar-refractivity contribution in [2.45, 2.75) is 19.1 Å². The molecule has 2 fully saturated rings. The van der Waals surface area contributed by atoms with Crippen molar-refractivity contribution in [2.75, 3.05) is 59.0 Å². The maximum Gasteiger partial charge on any atom is 0.239 e. The highest BCUT2D eigenvalue weighted by molar-refractivity contribution is 5.81. The number of morpholine rings is 1. The van der Waals surface area contributed by atoms with Crippen molar-refractivity contribution in [2.24, 2.45) is 0 Å². The number of amides is 1. The molecule has 1 aromatic carbocycles. The van der Waals surface area contributed by atoms with Crippen LogP contribution in [0.1, 0.15) is 18.6 Å². The highest BCUT2D eigenvalue weighted by atomic mass is 16.5. The topological polar surface area (TPSA) is 56.2 Å². The highest BCUT2D eigenvalue weighted by Crippen LogP contribution is 2.16. The van der Waals surface area contributed by atoms with Crippen LogP contribution in [0.2, 0.25) is 0 Å². The van der Waals surface area contributed by atoms with E-state index in [4.69, 9.17) is 4.74 Å². The summed E-state index contributed by atoms with van der Waals surface area (Å²) in [5.41, 5.74) is 0.946. The van der Waals surface area contributed by atoms with Crippen LogP contribution in [-0.4, -0.2) is 90.8 Å². The molecular formula is C19H29N3O3. The third kappa shape index (κ3) is 4.79. The standard InChI is InChI=1S/C19H29N3O3/c1-16(21-11-13-25-14-12-21)19(24)22-9-7-20(8-10-22)15-18(23)17-5-3-2-4-6-17/h2-6,16,18,23H,7-15H2,1H3/t16-,18+/m0/s1. The Hall–Kier alpha value is -1.47. The molecular weight excluding hydrogens is 318 g/mol. The molecule has 2 atom stereocenters. The summed E-state index contributed by atoms with van der Waals surface area (Å²) >= 11 is 0. The normalized spacial score (nSPS) is 22.6. The van der Waals surface area contributed by atoms with E-state index in [0.717, 1.165) is 44.8 Å². The van der Waals surface area contributed by atoms with Crippen molar-refractivity contribution < 1.29 is 14.6 Å². The van der Waals surface area contributed by atoms with E-state index < -0.39 is 6.10 Å². The smallest absolute Gasteiger partial charge is 0.239 e. The molecule has 0 saturated carbocycles. The number of piperazine rings is 1. The third-order valence-electron chi connectivity index (χ3n) is 5.25. The van der Waals surface area contributed by atoms with Crippen molar-refractivity contribution in [3.05, 3.63) is 35.9 Å². The maximum atomic E-state index is 12.7. The van der Waals surface area contributed by atoms with Crippen LogP contribution in [0.4, 0.5) is 0 Å². The summed E-state index contributed by atoms with van der Waals surface area (Å²) in [6.45, 7) is 8.78. The SMILES string of the molecule is C[C@@H](C(=O)N1CCN(C[C@@H](O)c2ccccc2)CC1)N1CCOCC1. The molecule has 1 N–H and O–H groups in total. The van der Waals surface area contributed by atoms with Gasteiger partial charge < -0.3 is 14.7 Å². The Bertz CT molecular complexity index is 540. The zero-order chi connectivity index (χ0) is 17.6. The van der Waals surface area contributed by atoms with Crippen LogP contribution in [0.15, 0.2) is 30.3 Å². The monoisotopic (exact) mass is 347 g/mol. The Labute approximate surface area is 150 Å². The van der Waals surface area contributed by atoms with Gasteiger partial charge in [0.15, 0.2) is 0 Å². The van der Waals surface area contributed by atoms with Gasteiger partial charge >= 0.3 is 0 Å². The zero-order valence-corrected chi connectivity index (χ0v) is 15.0. The predicted molar refractivity (Wildman–Crippen MR) is 96.3 cm³/mol. The molecule has 0 unspecified atom stereocenters. The van der Waals surface area contributed by atoms with Gasteiger partial charge in [0.2, 0.25) is 5.91 Å². The largest absolute Gasteiger partial charge is 0.387 e. The average Bonchev–Trinajstić information content (AvgIpc) is 2.69. The lowest BCUT2D eigenvalue weighted by atomic mass is 10.1. The van der Waals surface area contributed by atoms with E-state index >= 15 is 0 Å². The van der Waals surface area contributed by atoms with Gasteiger partial charge in [-0.25, -0.2) is 0 Å². The van der Waals surface area contributed by atoms with Gasteiger partial charge in [0.25, 0.3) is 0 Å². The first-order valence-corrected chi connectivity index (χ1v) is 9.21. The van der Waals surface area contributed by atoms with Gasteiger partial charge in [0.05, 0.1) is 25.4 Å². The van der Waals surface area contributed by atoms with Crippen LogP contribution in [-0.2, 0) is 9.53 Å². The lowest BCUT2D eigenvalue weighted by molar-refractivity contribution is -0.140. The second-order valence-electron chi connectivity index (χ2n) is 6.88. The van der Waals surface area contributed by atoms with Gasteiger partial charge in [-0.1, -0.05) is 30.3 Å². The molecule has 1 amide bonds. The van der Waals surface area contributed by atoms with Crippen LogP contribution < -0.4 is 0 Å². The van der Waals surface area contributed by atoms with Crippen molar-refractivity contribution in [3.8, 4) is 0 Å². The minimum absolute atomic E-state index is 0.0784. The molecule has 2 saturated heterocycles. The van der Waals surface area contributed by atoms with Gasteiger partial charge in [0, 0.05) is 45.8 Å². The number of ether oxygens (including phenoxy) is 1. The number of carbonyl (C=O) groups is 1. The molecule has 25 heavy (non-hydrogen) atoms.